The van der Waals surface area contributed by atoms with E-state index in [9.17, 15) is 9.59 Å². The third kappa shape index (κ3) is 4.43. The average Bonchev–Trinajstić information content (AvgIpc) is 3.26. The Labute approximate surface area is 262 Å². The Bertz CT molecular complexity index is 1980. The van der Waals surface area contributed by atoms with Crippen molar-refractivity contribution in [3.05, 3.63) is 84.8 Å². The third-order valence-electron chi connectivity index (χ3n) is 10.4. The number of nitrogens with one attached hydrogen (secondary N) is 4. The van der Waals surface area contributed by atoms with Crippen molar-refractivity contribution in [2.75, 3.05) is 14.2 Å². The lowest BCUT2D eigenvalue weighted by Gasteiger charge is -2.18. The van der Waals surface area contributed by atoms with E-state index in [0.717, 1.165) is 73.6 Å². The summed E-state index contributed by atoms with van der Waals surface area (Å²) in [6.07, 6.45) is 9.65. The van der Waals surface area contributed by atoms with Crippen LogP contribution >= 0.6 is 0 Å². The van der Waals surface area contributed by atoms with Crippen molar-refractivity contribution in [2.45, 2.75) is 60.2 Å². The van der Waals surface area contributed by atoms with Gasteiger partial charge in [0.25, 0.3) is 0 Å². The number of ether oxygens (including phenoxy) is 1. The quantitative estimate of drug-likeness (QED) is 0.141. The molecule has 6 heterocycles. The molecule has 3 aromatic rings. The molecular weight excluding hydrogens is 568 g/mol. The number of aromatic nitrogens is 3. The summed E-state index contributed by atoms with van der Waals surface area (Å²) < 4.78 is 7.64. The van der Waals surface area contributed by atoms with Gasteiger partial charge in [0, 0.05) is 74.1 Å². The maximum Gasteiger partial charge on any atom is 0.384 e. The van der Waals surface area contributed by atoms with Crippen LogP contribution in [0.25, 0.3) is 29.9 Å². The number of methoxy groups -OCH3 is 1. The Kier molecular flexibility index (Phi) is 6.94. The monoisotopic (exact) mass is 609 g/mol. The zero-order chi connectivity index (χ0) is 31.9. The minimum absolute atomic E-state index is 0.0374. The fraction of sp³-hybridized carbons (Fsp3) is 0.389. The standard InChI is InChI=1S/C36H40N4O5/c1-9-20-16(3)23-13-25-18(5)22(11-12-29(41)43-7)33(39-25)31-32(36-44-45(36)8)35(42)30-19(6)26(40-34(30)31)15-28-21(10-2)17(4)24(38-28)14-27(20)37-23/h9,13-15,18,22,32,36-38H,1,10-12H2,2-8H3,(H-,39,40,42)/p+1/b24-14-,25-13-,28-15-/t18-,22-,32+,36?/m0/s1. The van der Waals surface area contributed by atoms with Gasteiger partial charge in [0.15, 0.2) is 18.8 Å². The average molecular weight is 610 g/mol. The predicted molar refractivity (Wildman–Crippen MR) is 174 cm³/mol. The van der Waals surface area contributed by atoms with Crippen molar-refractivity contribution >= 4 is 41.6 Å². The van der Waals surface area contributed by atoms with Gasteiger partial charge in [0.2, 0.25) is 0 Å². The highest BCUT2D eigenvalue weighted by Crippen LogP contribution is 2.52. The number of hydrogen-bond acceptors (Lipinski definition) is 5. The van der Waals surface area contributed by atoms with Gasteiger partial charge >= 0.3 is 12.3 Å². The Balaban J connectivity index is 1.55. The number of Topliss-reactive ketones (excluding diaryl/α,β-unsaturated/α-hetero) is 1. The second-order valence-corrected chi connectivity index (χ2v) is 12.7. The topological polar surface area (TPSA) is 118 Å². The van der Waals surface area contributed by atoms with Crippen LogP contribution in [0.1, 0.15) is 87.6 Å². The molecule has 0 saturated carbocycles. The molecule has 7 rings (SSSR count). The van der Waals surface area contributed by atoms with E-state index in [2.05, 4.69) is 77.3 Å². The van der Waals surface area contributed by atoms with Gasteiger partial charge in [-0.05, 0) is 79.0 Å². The third-order valence-corrected chi connectivity index (χ3v) is 10.4. The van der Waals surface area contributed by atoms with Crippen molar-refractivity contribution in [3.63, 3.8) is 0 Å². The molecule has 2 saturated heterocycles. The molecule has 0 spiro atoms. The number of rotatable bonds is 6. The van der Waals surface area contributed by atoms with E-state index < -0.39 is 12.2 Å². The highest BCUT2D eigenvalue weighted by atomic mass is 17.5. The molecular formula is C36H41N4O5+. The number of aromatic amines is 3. The maximum absolute atomic E-state index is 14.3. The van der Waals surface area contributed by atoms with Crippen LogP contribution in [0.4, 0.5) is 0 Å². The second-order valence-electron chi connectivity index (χ2n) is 12.7. The van der Waals surface area contributed by atoms with Gasteiger partial charge in [0.1, 0.15) is 0 Å². The predicted octanol–water partition coefficient (Wildman–Crippen LogP) is 4.60. The van der Waals surface area contributed by atoms with E-state index in [1.807, 2.05) is 13.0 Å². The molecule has 3 aromatic heterocycles. The molecule has 1 unspecified atom stereocenters. The first-order chi connectivity index (χ1) is 21.6. The van der Waals surface area contributed by atoms with Gasteiger partial charge in [-0.2, -0.15) is 0 Å². The van der Waals surface area contributed by atoms with Gasteiger partial charge in [0.05, 0.1) is 12.8 Å². The number of esters is 1. The van der Waals surface area contributed by atoms with E-state index >= 15 is 0 Å². The van der Waals surface area contributed by atoms with Crippen LogP contribution < -0.4 is 16.0 Å². The Morgan fingerprint density at radius 2 is 1.76 bits per heavy atom. The minimum Gasteiger partial charge on any atom is -0.469 e. The molecule has 9 nitrogen and oxygen atoms in total. The van der Waals surface area contributed by atoms with Crippen molar-refractivity contribution in [2.24, 2.45) is 17.8 Å². The number of H-pyrrole nitrogens is 3. The molecule has 8 bridgehead atoms. The summed E-state index contributed by atoms with van der Waals surface area (Å²) in [4.78, 5) is 43.4. The molecule has 4 atom stereocenters. The van der Waals surface area contributed by atoms with Gasteiger partial charge in [-0.3, -0.25) is 9.59 Å². The molecule has 0 aromatic carbocycles. The van der Waals surface area contributed by atoms with Gasteiger partial charge in [-0.25, -0.2) is 4.52 Å². The molecule has 9 heteroatoms. The molecule has 0 amide bonds. The van der Waals surface area contributed by atoms with Crippen LogP contribution in [0.3, 0.4) is 0 Å². The SMILES string of the molecule is C=Cc1c2[nH]c(c1C)/C=C1\N/C(=C3\c4[nH]c(c(C)c4C(=O)[C@@H]3C3O[O+]3C)/C=c3\[nH]/c(c(C)c3CC)=C\2)[C@@H](CCC(=O)OC)[C@@H]1C. The van der Waals surface area contributed by atoms with E-state index in [4.69, 9.17) is 9.62 Å². The summed E-state index contributed by atoms with van der Waals surface area (Å²) in [5.41, 5.74) is 12.8. The number of allylic oxidation sites excluding steroid dienone is 2. The largest absolute Gasteiger partial charge is 0.469 e. The fourth-order valence-electron chi connectivity index (χ4n) is 7.70. The summed E-state index contributed by atoms with van der Waals surface area (Å²) in [7, 11) is 3.20. The molecule has 3 aliphatic heterocycles. The normalized spacial score (nSPS) is 27.7. The molecule has 45 heavy (non-hydrogen) atoms. The minimum atomic E-state index is -0.520. The van der Waals surface area contributed by atoms with Crippen LogP contribution in [0, 0.1) is 38.5 Å². The summed E-state index contributed by atoms with van der Waals surface area (Å²) in [6.45, 7) is 14.7. The van der Waals surface area contributed by atoms with Gasteiger partial charge < -0.3 is 25.0 Å². The number of hydrogen-bond donors (Lipinski definition) is 4. The first kappa shape index (κ1) is 29.4. The Morgan fingerprint density at radius 3 is 2.42 bits per heavy atom. The molecule has 4 aliphatic rings. The van der Waals surface area contributed by atoms with Crippen LogP contribution in [0.5, 0.6) is 0 Å². The summed E-state index contributed by atoms with van der Waals surface area (Å²) in [5, 5.41) is 5.82. The highest BCUT2D eigenvalue weighted by molar-refractivity contribution is 6.16. The van der Waals surface area contributed by atoms with Crippen molar-refractivity contribution in [3.8, 4) is 0 Å². The van der Waals surface area contributed by atoms with Crippen LogP contribution in [0.15, 0.2) is 18.0 Å². The van der Waals surface area contributed by atoms with Crippen molar-refractivity contribution in [1.29, 1.82) is 0 Å². The molecule has 1 aliphatic carbocycles. The first-order valence-corrected chi connectivity index (χ1v) is 15.7. The molecule has 2 fully saturated rings. The lowest BCUT2D eigenvalue weighted by Crippen LogP contribution is -2.22. The van der Waals surface area contributed by atoms with Gasteiger partial charge in [-0.1, -0.05) is 26.5 Å². The smallest absolute Gasteiger partial charge is 0.384 e. The summed E-state index contributed by atoms with van der Waals surface area (Å²) >= 11 is 0. The lowest BCUT2D eigenvalue weighted by molar-refractivity contribution is -0.140. The van der Waals surface area contributed by atoms with Gasteiger partial charge in [-0.15, -0.1) is 0 Å². The summed E-state index contributed by atoms with van der Waals surface area (Å²) in [6, 6.07) is 0. The first-order valence-electron chi connectivity index (χ1n) is 15.7. The van der Waals surface area contributed by atoms with Crippen LogP contribution in [-0.2, 0) is 25.4 Å². The number of fused-ring (bicyclic) bond motifs is 7. The second kappa shape index (κ2) is 10.6. The van der Waals surface area contributed by atoms with Crippen LogP contribution in [0.2, 0.25) is 0 Å². The number of carbonyl (C=O) groups is 2. The van der Waals surface area contributed by atoms with Crippen molar-refractivity contribution < 1.29 is 23.7 Å². The number of carbonyl (C=O) groups excluding carboxylic acids is 2. The van der Waals surface area contributed by atoms with Crippen molar-refractivity contribution in [1.82, 2.24) is 20.3 Å². The van der Waals surface area contributed by atoms with E-state index in [0.29, 0.717) is 12.0 Å². The lowest BCUT2D eigenvalue weighted by atomic mass is 9.85. The zero-order valence-electron chi connectivity index (χ0n) is 27.0. The van der Waals surface area contributed by atoms with E-state index in [-0.39, 0.29) is 30.0 Å². The maximum atomic E-state index is 14.3. The number of ketones is 1. The molecule has 234 valence electrons. The van der Waals surface area contributed by atoms with E-state index in [1.165, 1.54) is 18.2 Å². The van der Waals surface area contributed by atoms with E-state index in [1.54, 1.807) is 7.11 Å². The summed E-state index contributed by atoms with van der Waals surface area (Å²) in [5.74, 6) is -0.738. The Hall–Kier alpha value is -4.34. The highest BCUT2D eigenvalue weighted by Gasteiger charge is 2.62. The molecule has 0 radical (unpaired) electrons. The fourth-order valence-corrected chi connectivity index (χ4v) is 7.70. The zero-order valence-corrected chi connectivity index (χ0v) is 27.0. The Morgan fingerprint density at radius 1 is 1.04 bits per heavy atom. The molecule has 4 N–H and O–H groups in total. The van der Waals surface area contributed by atoms with Crippen LogP contribution in [-0.4, -0.2) is 47.2 Å².